The number of rotatable bonds is 33. The molecule has 0 radical (unpaired) electrons. The Bertz CT molecular complexity index is 1330. The summed E-state index contributed by atoms with van der Waals surface area (Å²) in [6, 6.07) is 0. The van der Waals surface area contributed by atoms with Gasteiger partial charge in [-0.25, -0.2) is 0 Å². The van der Waals surface area contributed by atoms with E-state index in [9.17, 15) is 14.4 Å². The zero-order valence-electron chi connectivity index (χ0n) is 34.1. The molecule has 0 aromatic rings. The maximum absolute atomic E-state index is 12.6. The van der Waals surface area contributed by atoms with Crippen LogP contribution in [0.2, 0.25) is 0 Å². The first-order valence-electron chi connectivity index (χ1n) is 20.4. The minimum atomic E-state index is -0.861. The lowest BCUT2D eigenvalue weighted by molar-refractivity contribution is -0.166. The van der Waals surface area contributed by atoms with Crippen molar-refractivity contribution in [3.8, 4) is 0 Å². The Morgan fingerprint density at radius 1 is 0.400 bits per heavy atom. The van der Waals surface area contributed by atoms with Crippen molar-refractivity contribution in [2.75, 3.05) is 13.2 Å². The highest BCUT2D eigenvalue weighted by Gasteiger charge is 2.19. The summed E-state index contributed by atoms with van der Waals surface area (Å²) in [5.41, 5.74) is 0. The second kappa shape index (κ2) is 42.0. The van der Waals surface area contributed by atoms with Crippen LogP contribution in [0.3, 0.4) is 0 Å². The van der Waals surface area contributed by atoms with Crippen LogP contribution < -0.4 is 0 Å². The van der Waals surface area contributed by atoms with E-state index in [4.69, 9.17) is 14.2 Å². The van der Waals surface area contributed by atoms with Crippen LogP contribution in [0.25, 0.3) is 0 Å². The molecule has 0 amide bonds. The first-order chi connectivity index (χ1) is 27.0. The molecule has 1 atom stereocenters. The molecular formula is C49H70O6. The topological polar surface area (TPSA) is 78.9 Å². The molecule has 0 rings (SSSR count). The Kier molecular flexibility index (Phi) is 38.4. The van der Waals surface area contributed by atoms with Crippen LogP contribution in [0.4, 0.5) is 0 Å². The molecule has 1 unspecified atom stereocenters. The predicted octanol–water partition coefficient (Wildman–Crippen LogP) is 13.0. The second-order valence-corrected chi connectivity index (χ2v) is 12.6. The van der Waals surface area contributed by atoms with E-state index in [1.807, 2.05) is 66.8 Å². The summed E-state index contributed by atoms with van der Waals surface area (Å²) in [5, 5.41) is 0. The monoisotopic (exact) mass is 755 g/mol. The van der Waals surface area contributed by atoms with Gasteiger partial charge in [-0.15, -0.1) is 0 Å². The van der Waals surface area contributed by atoms with Gasteiger partial charge in [0, 0.05) is 12.8 Å². The fourth-order valence-corrected chi connectivity index (χ4v) is 4.55. The molecule has 55 heavy (non-hydrogen) atoms. The van der Waals surface area contributed by atoms with E-state index < -0.39 is 18.0 Å². The van der Waals surface area contributed by atoms with Crippen molar-refractivity contribution in [3.63, 3.8) is 0 Å². The number of esters is 3. The van der Waals surface area contributed by atoms with Gasteiger partial charge in [0.2, 0.25) is 0 Å². The molecule has 0 saturated heterocycles. The summed E-state index contributed by atoms with van der Waals surface area (Å²) >= 11 is 0. The van der Waals surface area contributed by atoms with E-state index in [0.717, 1.165) is 70.6 Å². The van der Waals surface area contributed by atoms with Crippen molar-refractivity contribution in [1.82, 2.24) is 0 Å². The third-order valence-electron chi connectivity index (χ3n) is 7.51. The first-order valence-corrected chi connectivity index (χ1v) is 20.4. The molecule has 302 valence electrons. The SMILES string of the molecule is CC\C=C/C=C\C=C/C=C\C=C\C=C/CCCCCC(=O)OCC(COC(=O)C/C=C\C/C=C\C/C=C\CC)OC(=O)CCC/C=C\C/C=C\C/C=C\CC. The van der Waals surface area contributed by atoms with Gasteiger partial charge in [-0.3, -0.25) is 14.4 Å². The number of hydrogen-bond acceptors (Lipinski definition) is 6. The summed E-state index contributed by atoms with van der Waals surface area (Å²) in [5.74, 6) is -1.20. The van der Waals surface area contributed by atoms with E-state index in [1.54, 1.807) is 6.08 Å². The van der Waals surface area contributed by atoms with Gasteiger partial charge in [-0.1, -0.05) is 173 Å². The zero-order valence-corrected chi connectivity index (χ0v) is 34.1. The van der Waals surface area contributed by atoms with E-state index >= 15 is 0 Å². The lowest BCUT2D eigenvalue weighted by Gasteiger charge is -2.18. The molecule has 0 aromatic heterocycles. The average Bonchev–Trinajstić information content (AvgIpc) is 3.18. The van der Waals surface area contributed by atoms with Crippen LogP contribution in [0.1, 0.15) is 124 Å². The van der Waals surface area contributed by atoms with E-state index in [2.05, 4.69) is 93.7 Å². The molecule has 0 spiro atoms. The summed E-state index contributed by atoms with van der Waals surface area (Å²) < 4.78 is 16.4. The van der Waals surface area contributed by atoms with Gasteiger partial charge in [-0.05, 0) is 77.0 Å². The first kappa shape index (κ1) is 50.3. The predicted molar refractivity (Wildman–Crippen MR) is 232 cm³/mol. The van der Waals surface area contributed by atoms with Crippen LogP contribution in [-0.2, 0) is 28.6 Å². The zero-order chi connectivity index (χ0) is 40.1. The maximum Gasteiger partial charge on any atom is 0.309 e. The van der Waals surface area contributed by atoms with Crippen molar-refractivity contribution in [3.05, 3.63) is 146 Å². The van der Waals surface area contributed by atoms with Crippen molar-refractivity contribution >= 4 is 17.9 Å². The van der Waals surface area contributed by atoms with Crippen LogP contribution in [-0.4, -0.2) is 37.2 Å². The van der Waals surface area contributed by atoms with Gasteiger partial charge >= 0.3 is 17.9 Å². The molecule has 0 bridgehead atoms. The minimum absolute atomic E-state index is 0.108. The Hall–Kier alpha value is -4.71. The van der Waals surface area contributed by atoms with Gasteiger partial charge in [0.25, 0.3) is 0 Å². The molecule has 0 fully saturated rings. The molecule has 0 aliphatic carbocycles. The molecule has 0 heterocycles. The second-order valence-electron chi connectivity index (χ2n) is 12.6. The molecule has 0 aliphatic heterocycles. The van der Waals surface area contributed by atoms with E-state index in [0.29, 0.717) is 12.8 Å². The van der Waals surface area contributed by atoms with Crippen molar-refractivity contribution in [1.29, 1.82) is 0 Å². The maximum atomic E-state index is 12.6. The van der Waals surface area contributed by atoms with Crippen LogP contribution in [0.15, 0.2) is 146 Å². The third kappa shape index (κ3) is 40.3. The van der Waals surface area contributed by atoms with Gasteiger partial charge in [-0.2, -0.15) is 0 Å². The smallest absolute Gasteiger partial charge is 0.309 e. The number of carbonyl (C=O) groups excluding carboxylic acids is 3. The lowest BCUT2D eigenvalue weighted by atomic mass is 10.1. The summed E-state index contributed by atoms with van der Waals surface area (Å²) in [6.45, 7) is 6.01. The van der Waals surface area contributed by atoms with Gasteiger partial charge in [0.05, 0.1) is 6.42 Å². The largest absolute Gasteiger partial charge is 0.462 e. The van der Waals surface area contributed by atoms with Crippen LogP contribution in [0.5, 0.6) is 0 Å². The Labute approximate surface area is 334 Å². The standard InChI is InChI=1S/C49H70O6/c1-4-7-10-13-16-19-21-22-23-24-25-26-28-30-33-36-39-42-48(51)54-45-46(44-53-47(50)41-38-35-32-29-18-15-12-9-6-3)55-49(52)43-40-37-34-31-27-20-17-14-11-8-5-2/h7-13,16-26,28-29,31,34-35,38,46H,4-6,14-15,27,30,32-33,36-37,39-45H2,1-3H3/b10-7-,11-8-,12-9-,16-13-,20-17-,21-19-,23-22-,25-24+,28-26-,29-18-,34-31-,38-35-. The molecule has 0 aromatic carbocycles. The summed E-state index contributed by atoms with van der Waals surface area (Å²) in [4.78, 5) is 37.5. The molecule has 0 aliphatic rings. The van der Waals surface area contributed by atoms with E-state index in [-0.39, 0.29) is 38.4 Å². The quantitative estimate of drug-likeness (QED) is 0.0218. The number of unbranched alkanes of at least 4 members (excludes halogenated alkanes) is 4. The van der Waals surface area contributed by atoms with Crippen LogP contribution >= 0.6 is 0 Å². The summed E-state index contributed by atoms with van der Waals surface area (Å²) in [6.07, 6.45) is 60.2. The molecule has 0 saturated carbocycles. The minimum Gasteiger partial charge on any atom is -0.462 e. The number of ether oxygens (including phenoxy) is 3. The molecular weight excluding hydrogens is 685 g/mol. The van der Waals surface area contributed by atoms with Gasteiger partial charge in [0.1, 0.15) is 13.2 Å². The number of hydrogen-bond donors (Lipinski definition) is 0. The number of carbonyl (C=O) groups is 3. The molecule has 0 N–H and O–H groups in total. The summed E-state index contributed by atoms with van der Waals surface area (Å²) in [7, 11) is 0. The highest BCUT2D eigenvalue weighted by Crippen LogP contribution is 2.08. The lowest BCUT2D eigenvalue weighted by Crippen LogP contribution is -2.30. The third-order valence-corrected chi connectivity index (χ3v) is 7.51. The fourth-order valence-electron chi connectivity index (χ4n) is 4.55. The van der Waals surface area contributed by atoms with E-state index in [1.165, 1.54) is 0 Å². The Morgan fingerprint density at radius 3 is 1.40 bits per heavy atom. The Morgan fingerprint density at radius 2 is 0.836 bits per heavy atom. The van der Waals surface area contributed by atoms with Crippen molar-refractivity contribution < 1.29 is 28.6 Å². The highest BCUT2D eigenvalue weighted by atomic mass is 16.6. The fraction of sp³-hybridized carbons (Fsp3) is 0.449. The highest BCUT2D eigenvalue weighted by molar-refractivity contribution is 5.72. The van der Waals surface area contributed by atoms with Gasteiger partial charge < -0.3 is 14.2 Å². The molecule has 6 nitrogen and oxygen atoms in total. The number of allylic oxidation sites excluding steroid dienone is 23. The van der Waals surface area contributed by atoms with Crippen LogP contribution in [0, 0.1) is 0 Å². The van der Waals surface area contributed by atoms with Crippen molar-refractivity contribution in [2.45, 2.75) is 130 Å². The van der Waals surface area contributed by atoms with Gasteiger partial charge in [0.15, 0.2) is 6.10 Å². The van der Waals surface area contributed by atoms with Crippen molar-refractivity contribution in [2.24, 2.45) is 0 Å². The normalized spacial score (nSPS) is 13.6. The molecule has 6 heteroatoms. The Balaban J connectivity index is 4.64. The average molecular weight is 755 g/mol.